The summed E-state index contributed by atoms with van der Waals surface area (Å²) in [5, 5.41) is 0. The minimum absolute atomic E-state index is 0.385. The second-order valence-electron chi connectivity index (χ2n) is 4.94. The smallest absolute Gasteiger partial charge is 0.243 e. The summed E-state index contributed by atoms with van der Waals surface area (Å²) >= 11 is 0. The molecule has 0 unspecified atom stereocenters. The van der Waals surface area contributed by atoms with Crippen molar-refractivity contribution in [1.29, 1.82) is 0 Å². The summed E-state index contributed by atoms with van der Waals surface area (Å²) in [5.74, 6) is 0. The molecule has 1 aromatic carbocycles. The number of nitrogens with zero attached hydrogens (tertiary/aromatic N) is 1. The van der Waals surface area contributed by atoms with Gasteiger partial charge in [0.05, 0.1) is 4.90 Å². The van der Waals surface area contributed by atoms with Crippen molar-refractivity contribution in [3.8, 4) is 0 Å². The van der Waals surface area contributed by atoms with Crippen LogP contribution in [0.1, 0.15) is 38.7 Å². The average molecular weight is 298 g/mol. The SMILES string of the molecule is CCCN(CCC)S(=O)(=O)c1ccc(CCCN)cc1. The quantitative estimate of drug-likeness (QED) is 0.761. The molecule has 0 fully saturated rings. The topological polar surface area (TPSA) is 63.4 Å². The van der Waals surface area contributed by atoms with Crippen molar-refractivity contribution in [2.75, 3.05) is 19.6 Å². The van der Waals surface area contributed by atoms with E-state index in [1.54, 1.807) is 16.4 Å². The van der Waals surface area contributed by atoms with Gasteiger partial charge in [0, 0.05) is 13.1 Å². The third-order valence-electron chi connectivity index (χ3n) is 3.18. The van der Waals surface area contributed by atoms with Gasteiger partial charge in [-0.1, -0.05) is 26.0 Å². The maximum Gasteiger partial charge on any atom is 0.243 e. The molecule has 0 radical (unpaired) electrons. The van der Waals surface area contributed by atoms with Crippen molar-refractivity contribution >= 4 is 10.0 Å². The van der Waals surface area contributed by atoms with Gasteiger partial charge in [0.1, 0.15) is 0 Å². The zero-order valence-electron chi connectivity index (χ0n) is 12.5. The van der Waals surface area contributed by atoms with E-state index in [1.165, 1.54) is 0 Å². The zero-order valence-corrected chi connectivity index (χ0v) is 13.3. The fourth-order valence-corrected chi connectivity index (χ4v) is 3.76. The van der Waals surface area contributed by atoms with Gasteiger partial charge in [-0.2, -0.15) is 4.31 Å². The summed E-state index contributed by atoms with van der Waals surface area (Å²) < 4.78 is 26.7. The molecule has 0 amide bonds. The normalized spacial score (nSPS) is 12.0. The van der Waals surface area contributed by atoms with Crippen LogP contribution in [-0.4, -0.2) is 32.4 Å². The van der Waals surface area contributed by atoms with E-state index in [0.29, 0.717) is 24.5 Å². The van der Waals surface area contributed by atoms with Crippen LogP contribution in [-0.2, 0) is 16.4 Å². The zero-order chi connectivity index (χ0) is 15.0. The molecule has 0 aromatic heterocycles. The van der Waals surface area contributed by atoms with E-state index in [2.05, 4.69) is 0 Å². The Morgan fingerprint density at radius 3 is 2.05 bits per heavy atom. The van der Waals surface area contributed by atoms with E-state index in [9.17, 15) is 8.42 Å². The first-order valence-corrected chi connectivity index (χ1v) is 8.79. The first-order valence-electron chi connectivity index (χ1n) is 7.35. The van der Waals surface area contributed by atoms with Gasteiger partial charge in [-0.15, -0.1) is 0 Å². The summed E-state index contributed by atoms with van der Waals surface area (Å²) in [6.07, 6.45) is 3.47. The number of rotatable bonds is 9. The summed E-state index contributed by atoms with van der Waals surface area (Å²) in [6, 6.07) is 7.19. The Kier molecular flexibility index (Phi) is 7.19. The van der Waals surface area contributed by atoms with E-state index in [4.69, 9.17) is 5.73 Å². The van der Waals surface area contributed by atoms with E-state index >= 15 is 0 Å². The largest absolute Gasteiger partial charge is 0.330 e. The lowest BCUT2D eigenvalue weighted by Crippen LogP contribution is -2.32. The summed E-state index contributed by atoms with van der Waals surface area (Å²) in [5.41, 5.74) is 6.61. The van der Waals surface area contributed by atoms with Crippen molar-refractivity contribution < 1.29 is 8.42 Å². The van der Waals surface area contributed by atoms with Gasteiger partial charge in [0.25, 0.3) is 0 Å². The minimum Gasteiger partial charge on any atom is -0.330 e. The monoisotopic (exact) mass is 298 g/mol. The Morgan fingerprint density at radius 1 is 1.05 bits per heavy atom. The predicted octanol–water partition coefficient (Wildman–Crippen LogP) is 2.39. The Hall–Kier alpha value is -0.910. The molecular formula is C15H26N2O2S. The molecule has 0 aliphatic heterocycles. The average Bonchev–Trinajstić information content (AvgIpc) is 2.45. The molecule has 0 atom stereocenters. The van der Waals surface area contributed by atoms with Gasteiger partial charge in [0.2, 0.25) is 10.0 Å². The van der Waals surface area contributed by atoms with E-state index in [-0.39, 0.29) is 0 Å². The van der Waals surface area contributed by atoms with Crippen LogP contribution in [0, 0.1) is 0 Å². The molecule has 0 spiro atoms. The van der Waals surface area contributed by atoms with Crippen LogP contribution in [0.25, 0.3) is 0 Å². The Labute approximate surface area is 123 Å². The maximum atomic E-state index is 12.5. The maximum absolute atomic E-state index is 12.5. The number of benzene rings is 1. The highest BCUT2D eigenvalue weighted by molar-refractivity contribution is 7.89. The van der Waals surface area contributed by atoms with Crippen LogP contribution in [0.15, 0.2) is 29.2 Å². The molecule has 0 aliphatic rings. The molecular weight excluding hydrogens is 272 g/mol. The van der Waals surface area contributed by atoms with Crippen molar-refractivity contribution in [2.45, 2.75) is 44.4 Å². The molecule has 4 nitrogen and oxygen atoms in total. The number of aryl methyl sites for hydroxylation is 1. The second kappa shape index (κ2) is 8.39. The Bertz CT molecular complexity index is 477. The lowest BCUT2D eigenvalue weighted by molar-refractivity contribution is 0.410. The third kappa shape index (κ3) is 4.58. The Morgan fingerprint density at radius 2 is 1.60 bits per heavy atom. The lowest BCUT2D eigenvalue weighted by Gasteiger charge is -2.21. The standard InChI is InChI=1S/C15H26N2O2S/c1-3-12-17(13-4-2)20(18,19)15-9-7-14(8-10-15)6-5-11-16/h7-10H,3-6,11-13,16H2,1-2H3. The van der Waals surface area contributed by atoms with E-state index < -0.39 is 10.0 Å². The van der Waals surface area contributed by atoms with Crippen LogP contribution in [0.2, 0.25) is 0 Å². The van der Waals surface area contributed by atoms with E-state index in [0.717, 1.165) is 31.2 Å². The van der Waals surface area contributed by atoms with Gasteiger partial charge >= 0.3 is 0 Å². The molecule has 0 saturated heterocycles. The summed E-state index contributed by atoms with van der Waals surface area (Å²) in [7, 11) is -3.35. The number of hydrogen-bond donors (Lipinski definition) is 1. The predicted molar refractivity (Wildman–Crippen MR) is 83.2 cm³/mol. The van der Waals surface area contributed by atoms with Crippen molar-refractivity contribution in [2.24, 2.45) is 5.73 Å². The fourth-order valence-electron chi connectivity index (χ4n) is 2.13. The molecule has 114 valence electrons. The number of sulfonamides is 1. The molecule has 0 bridgehead atoms. The minimum atomic E-state index is -3.35. The lowest BCUT2D eigenvalue weighted by atomic mass is 10.1. The van der Waals surface area contributed by atoms with Gasteiger partial charge in [0.15, 0.2) is 0 Å². The molecule has 1 rings (SSSR count). The van der Waals surface area contributed by atoms with Crippen LogP contribution in [0.5, 0.6) is 0 Å². The molecule has 2 N–H and O–H groups in total. The molecule has 1 aromatic rings. The molecule has 0 aliphatic carbocycles. The summed E-state index contributed by atoms with van der Waals surface area (Å²) in [6.45, 7) is 5.79. The molecule has 5 heteroatoms. The van der Waals surface area contributed by atoms with Gasteiger partial charge in [-0.3, -0.25) is 0 Å². The highest BCUT2D eigenvalue weighted by Crippen LogP contribution is 2.17. The van der Waals surface area contributed by atoms with Crippen molar-refractivity contribution in [3.63, 3.8) is 0 Å². The molecule has 0 heterocycles. The van der Waals surface area contributed by atoms with Crippen LogP contribution in [0.3, 0.4) is 0 Å². The van der Waals surface area contributed by atoms with Gasteiger partial charge < -0.3 is 5.73 Å². The second-order valence-corrected chi connectivity index (χ2v) is 6.88. The van der Waals surface area contributed by atoms with Crippen LogP contribution < -0.4 is 5.73 Å². The van der Waals surface area contributed by atoms with Crippen molar-refractivity contribution in [1.82, 2.24) is 4.31 Å². The molecule has 20 heavy (non-hydrogen) atoms. The first-order chi connectivity index (χ1) is 9.56. The molecule has 0 saturated carbocycles. The summed E-state index contributed by atoms with van der Waals surface area (Å²) in [4.78, 5) is 0.385. The van der Waals surface area contributed by atoms with Gasteiger partial charge in [-0.05, 0) is 49.9 Å². The van der Waals surface area contributed by atoms with Crippen LogP contribution in [0.4, 0.5) is 0 Å². The van der Waals surface area contributed by atoms with Gasteiger partial charge in [-0.25, -0.2) is 8.42 Å². The van der Waals surface area contributed by atoms with Crippen LogP contribution >= 0.6 is 0 Å². The van der Waals surface area contributed by atoms with Crippen molar-refractivity contribution in [3.05, 3.63) is 29.8 Å². The first kappa shape index (κ1) is 17.1. The van der Waals surface area contributed by atoms with E-state index in [1.807, 2.05) is 26.0 Å². The third-order valence-corrected chi connectivity index (χ3v) is 5.09. The number of nitrogens with two attached hydrogens (primary N) is 1. The highest BCUT2D eigenvalue weighted by atomic mass is 32.2. The number of hydrogen-bond acceptors (Lipinski definition) is 3. The fraction of sp³-hybridized carbons (Fsp3) is 0.600. The Balaban J connectivity index is 2.90. The highest BCUT2D eigenvalue weighted by Gasteiger charge is 2.22.